The fourth-order valence-electron chi connectivity index (χ4n) is 3.85. The first-order valence-electron chi connectivity index (χ1n) is 10.5. The van der Waals surface area contributed by atoms with Crippen molar-refractivity contribution < 1.29 is 9.53 Å². The van der Waals surface area contributed by atoms with Crippen LogP contribution in [0.1, 0.15) is 18.1 Å². The van der Waals surface area contributed by atoms with E-state index in [1.165, 1.54) is 5.56 Å². The predicted molar refractivity (Wildman–Crippen MR) is 127 cm³/mol. The largest absolute Gasteiger partial charge is 0.479 e. The van der Waals surface area contributed by atoms with E-state index in [9.17, 15) is 4.79 Å². The second-order valence-electron chi connectivity index (χ2n) is 7.33. The lowest BCUT2D eigenvalue weighted by Crippen LogP contribution is -2.15. The quantitative estimate of drug-likeness (QED) is 0.364. The smallest absolute Gasteiger partial charge is 0.229 e. The number of aromatic nitrogens is 1. The summed E-state index contributed by atoms with van der Waals surface area (Å²) in [5.41, 5.74) is 3.85. The molecular weight excluding hydrogens is 408 g/mol. The minimum atomic E-state index is -0.125. The van der Waals surface area contributed by atoms with Crippen molar-refractivity contribution in [3.05, 3.63) is 95.0 Å². The van der Waals surface area contributed by atoms with Crippen molar-refractivity contribution in [3.63, 3.8) is 0 Å². The molecule has 0 atom stereocenters. The number of fused-ring (bicyclic) bond motifs is 1. The third kappa shape index (κ3) is 4.75. The van der Waals surface area contributed by atoms with Crippen LogP contribution < -0.4 is 10.1 Å². The summed E-state index contributed by atoms with van der Waals surface area (Å²) in [6.45, 7) is 3.26. The highest BCUT2D eigenvalue weighted by molar-refractivity contribution is 6.33. The maximum atomic E-state index is 12.9. The number of rotatable bonds is 8. The minimum absolute atomic E-state index is 0.125. The van der Waals surface area contributed by atoms with Crippen molar-refractivity contribution in [1.29, 1.82) is 0 Å². The van der Waals surface area contributed by atoms with E-state index in [0.29, 0.717) is 17.3 Å². The Balaban J connectivity index is 1.66. The van der Waals surface area contributed by atoms with Gasteiger partial charge in [-0.15, -0.1) is 0 Å². The molecule has 5 heteroatoms. The summed E-state index contributed by atoms with van der Waals surface area (Å²) in [4.78, 5) is 12.9. The van der Waals surface area contributed by atoms with E-state index in [1.54, 1.807) is 12.1 Å². The maximum absolute atomic E-state index is 12.9. The molecule has 4 nitrogen and oxygen atoms in total. The summed E-state index contributed by atoms with van der Waals surface area (Å²) in [5, 5.41) is 4.48. The van der Waals surface area contributed by atoms with Crippen molar-refractivity contribution in [1.82, 2.24) is 4.57 Å². The Morgan fingerprint density at radius 2 is 1.68 bits per heavy atom. The van der Waals surface area contributed by atoms with E-state index >= 15 is 0 Å². The number of anilines is 1. The van der Waals surface area contributed by atoms with E-state index in [-0.39, 0.29) is 12.3 Å². The molecule has 0 saturated heterocycles. The third-order valence-corrected chi connectivity index (χ3v) is 5.59. The second kappa shape index (κ2) is 9.71. The van der Waals surface area contributed by atoms with Crippen LogP contribution in [0, 0.1) is 0 Å². The van der Waals surface area contributed by atoms with Crippen molar-refractivity contribution in [2.75, 3.05) is 11.9 Å². The lowest BCUT2D eigenvalue weighted by Gasteiger charge is -2.13. The van der Waals surface area contributed by atoms with Crippen molar-refractivity contribution in [3.8, 4) is 5.88 Å². The molecule has 0 unspecified atom stereocenters. The Morgan fingerprint density at radius 1 is 0.968 bits per heavy atom. The molecule has 4 rings (SSSR count). The standard InChI is InChI=1S/C26H25ClN2O2/c1-2-31-26-21(18-25(30)28-23-14-8-7-13-22(23)27)20-12-6-9-15-24(20)29(26)17-16-19-10-4-3-5-11-19/h3-15H,2,16-18H2,1H3,(H,28,30). The van der Waals surface area contributed by atoms with Crippen LogP contribution in [0.3, 0.4) is 0 Å². The topological polar surface area (TPSA) is 43.3 Å². The molecule has 0 aliphatic heterocycles. The summed E-state index contributed by atoms with van der Waals surface area (Å²) in [6.07, 6.45) is 1.09. The molecule has 1 amide bonds. The van der Waals surface area contributed by atoms with Gasteiger partial charge in [0.25, 0.3) is 0 Å². The number of carbonyl (C=O) groups excluding carboxylic acids is 1. The predicted octanol–water partition coefficient (Wildman–Crippen LogP) is 6.12. The molecule has 1 aromatic heterocycles. The van der Waals surface area contributed by atoms with Crippen LogP contribution >= 0.6 is 11.6 Å². The Labute approximate surface area is 187 Å². The number of ether oxygens (including phenoxy) is 1. The first kappa shape index (κ1) is 21.0. The summed E-state index contributed by atoms with van der Waals surface area (Å²) in [7, 11) is 0. The van der Waals surface area contributed by atoms with E-state index in [2.05, 4.69) is 46.3 Å². The van der Waals surface area contributed by atoms with Gasteiger partial charge in [-0.05, 0) is 37.1 Å². The van der Waals surface area contributed by atoms with Gasteiger partial charge in [-0.2, -0.15) is 0 Å². The molecule has 1 N–H and O–H groups in total. The van der Waals surface area contributed by atoms with E-state index in [0.717, 1.165) is 35.3 Å². The molecule has 0 aliphatic rings. The number of benzene rings is 3. The molecule has 158 valence electrons. The van der Waals surface area contributed by atoms with Gasteiger partial charge >= 0.3 is 0 Å². The molecular formula is C26H25ClN2O2. The summed E-state index contributed by atoms with van der Waals surface area (Å²) in [5.74, 6) is 0.633. The van der Waals surface area contributed by atoms with Gasteiger partial charge < -0.3 is 14.6 Å². The van der Waals surface area contributed by atoms with Gasteiger partial charge in [0.1, 0.15) is 0 Å². The second-order valence-corrected chi connectivity index (χ2v) is 7.73. The number of halogens is 1. The lowest BCUT2D eigenvalue weighted by molar-refractivity contribution is -0.115. The number of amides is 1. The summed E-state index contributed by atoms with van der Waals surface area (Å²) >= 11 is 6.21. The number of hydrogen-bond donors (Lipinski definition) is 1. The van der Waals surface area contributed by atoms with Gasteiger partial charge in [-0.25, -0.2) is 0 Å². The number of aryl methyl sites for hydroxylation is 2. The Bertz CT molecular complexity index is 1180. The van der Waals surface area contributed by atoms with E-state index < -0.39 is 0 Å². The average Bonchev–Trinajstić information content (AvgIpc) is 3.07. The highest BCUT2D eigenvalue weighted by Gasteiger charge is 2.21. The zero-order valence-electron chi connectivity index (χ0n) is 17.5. The normalized spacial score (nSPS) is 10.9. The van der Waals surface area contributed by atoms with Gasteiger partial charge in [-0.3, -0.25) is 4.79 Å². The highest BCUT2D eigenvalue weighted by atomic mass is 35.5. The zero-order valence-corrected chi connectivity index (χ0v) is 18.2. The van der Waals surface area contributed by atoms with Crippen LogP contribution in [0.5, 0.6) is 5.88 Å². The summed E-state index contributed by atoms with van der Waals surface area (Å²) < 4.78 is 8.26. The molecule has 3 aromatic carbocycles. The van der Waals surface area contributed by atoms with Crippen LogP contribution in [0.2, 0.25) is 5.02 Å². The van der Waals surface area contributed by atoms with Gasteiger partial charge in [0.15, 0.2) is 5.88 Å². The van der Waals surface area contributed by atoms with Crippen LogP contribution in [0.4, 0.5) is 5.69 Å². The van der Waals surface area contributed by atoms with Gasteiger partial charge in [0.05, 0.1) is 29.3 Å². The first-order chi connectivity index (χ1) is 15.2. The molecule has 31 heavy (non-hydrogen) atoms. The van der Waals surface area contributed by atoms with Crippen LogP contribution in [0.15, 0.2) is 78.9 Å². The fourth-order valence-corrected chi connectivity index (χ4v) is 4.03. The van der Waals surface area contributed by atoms with Gasteiger partial charge in [0, 0.05) is 17.5 Å². The van der Waals surface area contributed by atoms with Gasteiger partial charge in [0.2, 0.25) is 5.91 Å². The van der Waals surface area contributed by atoms with Crippen LogP contribution in [-0.2, 0) is 24.2 Å². The number of nitrogens with one attached hydrogen (secondary N) is 1. The minimum Gasteiger partial charge on any atom is -0.479 e. The molecule has 4 aromatic rings. The van der Waals surface area contributed by atoms with Crippen LogP contribution in [-0.4, -0.2) is 17.1 Å². The summed E-state index contributed by atoms with van der Waals surface area (Å²) in [6, 6.07) is 25.8. The molecule has 1 heterocycles. The van der Waals surface area contributed by atoms with E-state index in [4.69, 9.17) is 16.3 Å². The van der Waals surface area contributed by atoms with Gasteiger partial charge in [-0.1, -0.05) is 72.3 Å². The zero-order chi connectivity index (χ0) is 21.6. The molecule has 0 spiro atoms. The van der Waals surface area contributed by atoms with Crippen molar-refractivity contribution >= 4 is 34.1 Å². The fraction of sp³-hybridized carbons (Fsp3) is 0.192. The van der Waals surface area contributed by atoms with Crippen molar-refractivity contribution in [2.24, 2.45) is 0 Å². The van der Waals surface area contributed by atoms with Crippen molar-refractivity contribution in [2.45, 2.75) is 26.3 Å². The Morgan fingerprint density at radius 3 is 2.45 bits per heavy atom. The lowest BCUT2D eigenvalue weighted by atomic mass is 10.1. The highest BCUT2D eigenvalue weighted by Crippen LogP contribution is 2.33. The monoisotopic (exact) mass is 432 g/mol. The molecule has 0 fully saturated rings. The first-order valence-corrected chi connectivity index (χ1v) is 10.9. The SMILES string of the molecule is CCOc1c(CC(=O)Nc2ccccc2Cl)c2ccccc2n1CCc1ccccc1. The third-order valence-electron chi connectivity index (χ3n) is 5.26. The number of para-hydroxylation sites is 2. The molecule has 0 bridgehead atoms. The molecule has 0 radical (unpaired) electrons. The maximum Gasteiger partial charge on any atom is 0.229 e. The number of carbonyl (C=O) groups is 1. The van der Waals surface area contributed by atoms with E-state index in [1.807, 2.05) is 37.3 Å². The molecule has 0 saturated carbocycles. The average molecular weight is 433 g/mol. The Kier molecular flexibility index (Phi) is 6.58. The Hall–Kier alpha value is -3.24. The molecule has 0 aliphatic carbocycles. The van der Waals surface area contributed by atoms with Crippen LogP contribution in [0.25, 0.3) is 10.9 Å². The number of nitrogens with zero attached hydrogens (tertiary/aromatic N) is 1. The number of hydrogen-bond acceptors (Lipinski definition) is 2.